The molecule has 1 aliphatic heterocycles. The number of benzene rings is 2. The van der Waals surface area contributed by atoms with E-state index >= 15 is 0 Å². The Labute approximate surface area is 293 Å². The molecule has 1 saturated heterocycles. The Morgan fingerprint density at radius 1 is 0.920 bits per heavy atom. The molecule has 268 valence electrons. The van der Waals surface area contributed by atoms with Crippen molar-refractivity contribution in [3.8, 4) is 22.8 Å². The number of rotatable bonds is 10. The first kappa shape index (κ1) is 36.4. The van der Waals surface area contributed by atoms with Crippen LogP contribution in [0, 0.1) is 11.3 Å². The van der Waals surface area contributed by atoms with Crippen LogP contribution in [0.1, 0.15) is 59.3 Å². The first-order valence-electron chi connectivity index (χ1n) is 17.3. The first-order chi connectivity index (χ1) is 23.9. The third kappa shape index (κ3) is 8.28. The van der Waals surface area contributed by atoms with E-state index in [9.17, 15) is 19.2 Å². The predicted molar refractivity (Wildman–Crippen MR) is 190 cm³/mol. The molecule has 3 aromatic rings. The molecule has 12 nitrogen and oxygen atoms in total. The van der Waals surface area contributed by atoms with E-state index in [-0.39, 0.29) is 24.8 Å². The highest BCUT2D eigenvalue weighted by Crippen LogP contribution is 2.35. The number of hydrogen-bond donors (Lipinski definition) is 3. The molecule has 1 saturated carbocycles. The highest BCUT2D eigenvalue weighted by molar-refractivity contribution is 5.93. The van der Waals surface area contributed by atoms with Crippen molar-refractivity contribution in [2.75, 3.05) is 27.8 Å². The van der Waals surface area contributed by atoms with E-state index in [1.807, 2.05) is 75.4 Å². The van der Waals surface area contributed by atoms with Crippen molar-refractivity contribution < 1.29 is 33.4 Å². The predicted octanol–water partition coefficient (Wildman–Crippen LogP) is 4.84. The van der Waals surface area contributed by atoms with Gasteiger partial charge in [0.15, 0.2) is 0 Å². The number of urea groups is 1. The second kappa shape index (κ2) is 15.8. The number of carbonyl (C=O) groups is 4. The number of ether oxygens (including phenoxy) is 3. The standard InChI is InChI=1S/C38H49N5O7/c1-38(2,3)33(35(45)41-32(34(44)39-4)24-15-11-8-12-16-24)42-37(47)43-22-26(20-30(43)36(46)49-6)50-31-21-28(23-13-9-7-10-14-23)40-29-19-25(48-5)17-18-27(29)31/h7,9-10,13-14,17-19,21,24,26,30,32-33H,8,11-12,15-16,20,22H2,1-6H3,(H,39,44)(H,41,45)(H,42,47). The van der Waals surface area contributed by atoms with Gasteiger partial charge in [-0.15, -0.1) is 0 Å². The minimum atomic E-state index is -1.00. The van der Waals surface area contributed by atoms with E-state index in [1.54, 1.807) is 14.2 Å². The first-order valence-corrected chi connectivity index (χ1v) is 17.3. The maximum Gasteiger partial charge on any atom is 0.328 e. The smallest absolute Gasteiger partial charge is 0.328 e. The second-order valence-corrected chi connectivity index (χ2v) is 14.2. The molecule has 0 bridgehead atoms. The molecular weight excluding hydrogens is 638 g/mol. The highest BCUT2D eigenvalue weighted by Gasteiger charge is 2.44. The molecule has 1 aromatic heterocycles. The maximum absolute atomic E-state index is 14.0. The van der Waals surface area contributed by atoms with Crippen molar-refractivity contribution in [1.29, 1.82) is 0 Å². The molecule has 4 atom stereocenters. The van der Waals surface area contributed by atoms with Crippen LogP contribution in [-0.2, 0) is 19.1 Å². The summed E-state index contributed by atoms with van der Waals surface area (Å²) in [5.74, 6) is -0.104. The number of nitrogens with zero attached hydrogens (tertiary/aromatic N) is 2. The van der Waals surface area contributed by atoms with Crippen LogP contribution in [0.2, 0.25) is 0 Å². The second-order valence-electron chi connectivity index (χ2n) is 14.2. The Balaban J connectivity index is 1.39. The zero-order valence-corrected chi connectivity index (χ0v) is 29.8. The molecule has 3 N–H and O–H groups in total. The van der Waals surface area contributed by atoms with Gasteiger partial charge in [0.2, 0.25) is 11.8 Å². The number of amides is 4. The van der Waals surface area contributed by atoms with Crippen LogP contribution < -0.4 is 25.4 Å². The van der Waals surface area contributed by atoms with E-state index in [0.29, 0.717) is 22.7 Å². The van der Waals surface area contributed by atoms with E-state index in [4.69, 9.17) is 19.2 Å². The van der Waals surface area contributed by atoms with Gasteiger partial charge in [0.25, 0.3) is 0 Å². The number of aromatic nitrogens is 1. The Hall–Kier alpha value is -4.87. The summed E-state index contributed by atoms with van der Waals surface area (Å²) >= 11 is 0. The van der Waals surface area contributed by atoms with Crippen LogP contribution in [0.25, 0.3) is 22.2 Å². The Bertz CT molecular complexity index is 1690. The van der Waals surface area contributed by atoms with Gasteiger partial charge in [-0.25, -0.2) is 14.6 Å². The zero-order chi connectivity index (χ0) is 36.0. The minimum Gasteiger partial charge on any atom is -0.497 e. The van der Waals surface area contributed by atoms with E-state index in [2.05, 4.69) is 16.0 Å². The molecule has 0 radical (unpaired) electrons. The lowest BCUT2D eigenvalue weighted by Crippen LogP contribution is -2.61. The summed E-state index contributed by atoms with van der Waals surface area (Å²) in [5, 5.41) is 9.27. The SMILES string of the molecule is CNC(=O)C(NC(=O)C(NC(=O)N1CC(Oc2cc(-c3ccccc3)nc3cc(OC)ccc23)CC1C(=O)OC)C(C)(C)C)C1CCCCC1. The summed E-state index contributed by atoms with van der Waals surface area (Å²) < 4.78 is 17.1. The van der Waals surface area contributed by atoms with Gasteiger partial charge >= 0.3 is 12.0 Å². The molecule has 0 spiro atoms. The van der Waals surface area contributed by atoms with Crippen molar-refractivity contribution in [3.05, 3.63) is 54.6 Å². The number of pyridine rings is 1. The Morgan fingerprint density at radius 2 is 1.64 bits per heavy atom. The molecule has 2 heterocycles. The summed E-state index contributed by atoms with van der Waals surface area (Å²) in [6.07, 6.45) is 4.38. The third-order valence-electron chi connectivity index (χ3n) is 9.68. The Kier molecular flexibility index (Phi) is 11.5. The van der Waals surface area contributed by atoms with Gasteiger partial charge in [-0.2, -0.15) is 0 Å². The van der Waals surface area contributed by atoms with Crippen LogP contribution in [0.4, 0.5) is 4.79 Å². The fourth-order valence-corrected chi connectivity index (χ4v) is 6.94. The molecule has 50 heavy (non-hydrogen) atoms. The summed E-state index contributed by atoms with van der Waals surface area (Å²) in [6, 6.07) is 13.8. The number of hydrogen-bond acceptors (Lipinski definition) is 8. The average Bonchev–Trinajstić information content (AvgIpc) is 3.55. The molecule has 2 fully saturated rings. The molecule has 2 aromatic carbocycles. The molecule has 5 rings (SSSR count). The molecule has 1 aliphatic carbocycles. The van der Waals surface area contributed by atoms with Crippen molar-refractivity contribution in [1.82, 2.24) is 25.8 Å². The van der Waals surface area contributed by atoms with Crippen molar-refractivity contribution in [3.63, 3.8) is 0 Å². The molecule has 12 heteroatoms. The largest absolute Gasteiger partial charge is 0.497 e. The minimum absolute atomic E-state index is 0.0110. The fraction of sp³-hybridized carbons (Fsp3) is 0.500. The van der Waals surface area contributed by atoms with Crippen molar-refractivity contribution >= 4 is 34.7 Å². The van der Waals surface area contributed by atoms with Gasteiger partial charge in [-0.1, -0.05) is 70.4 Å². The quantitative estimate of drug-likeness (QED) is 0.257. The monoisotopic (exact) mass is 687 g/mol. The van der Waals surface area contributed by atoms with Gasteiger partial charge in [-0.05, 0) is 36.3 Å². The number of carbonyl (C=O) groups excluding carboxylic acids is 4. The van der Waals surface area contributed by atoms with Crippen LogP contribution in [0.15, 0.2) is 54.6 Å². The number of esters is 1. The number of likely N-dealkylation sites (N-methyl/N-ethyl adjacent to an activating group) is 1. The van der Waals surface area contributed by atoms with Gasteiger partial charge in [0.1, 0.15) is 35.7 Å². The van der Waals surface area contributed by atoms with Crippen molar-refractivity contribution in [2.24, 2.45) is 11.3 Å². The van der Waals surface area contributed by atoms with Crippen LogP contribution in [0.3, 0.4) is 0 Å². The molecule has 4 unspecified atom stereocenters. The van der Waals surface area contributed by atoms with Gasteiger partial charge in [0, 0.05) is 36.6 Å². The van der Waals surface area contributed by atoms with E-state index in [1.165, 1.54) is 12.0 Å². The number of nitrogens with one attached hydrogen (secondary N) is 3. The van der Waals surface area contributed by atoms with Gasteiger partial charge in [0.05, 0.1) is 32.0 Å². The van der Waals surface area contributed by atoms with Gasteiger partial charge < -0.3 is 35.1 Å². The van der Waals surface area contributed by atoms with E-state index in [0.717, 1.165) is 43.1 Å². The fourth-order valence-electron chi connectivity index (χ4n) is 6.94. The van der Waals surface area contributed by atoms with Gasteiger partial charge in [-0.3, -0.25) is 9.59 Å². The summed E-state index contributed by atoms with van der Waals surface area (Å²) in [4.78, 5) is 60.0. The normalized spacial score (nSPS) is 19.3. The summed E-state index contributed by atoms with van der Waals surface area (Å²) in [6.45, 7) is 5.59. The summed E-state index contributed by atoms with van der Waals surface area (Å²) in [7, 11) is 4.42. The Morgan fingerprint density at radius 3 is 2.28 bits per heavy atom. The highest BCUT2D eigenvalue weighted by atomic mass is 16.5. The lowest BCUT2D eigenvalue weighted by Gasteiger charge is -2.35. The molecule has 2 aliphatic rings. The number of fused-ring (bicyclic) bond motifs is 1. The molecular formula is C38H49N5O7. The average molecular weight is 688 g/mol. The van der Waals surface area contributed by atoms with Crippen molar-refractivity contribution in [2.45, 2.75) is 83.5 Å². The van der Waals surface area contributed by atoms with Crippen LogP contribution in [-0.4, -0.2) is 85.7 Å². The summed E-state index contributed by atoms with van der Waals surface area (Å²) in [5.41, 5.74) is 1.54. The van der Waals surface area contributed by atoms with E-state index < -0.39 is 47.6 Å². The molecule has 4 amide bonds. The number of likely N-dealkylation sites (tertiary alicyclic amines) is 1. The number of methoxy groups -OCH3 is 2. The van der Waals surface area contributed by atoms with Crippen LogP contribution >= 0.6 is 0 Å². The topological polar surface area (TPSA) is 148 Å². The zero-order valence-electron chi connectivity index (χ0n) is 29.8. The lowest BCUT2D eigenvalue weighted by molar-refractivity contribution is -0.145. The maximum atomic E-state index is 14.0. The lowest BCUT2D eigenvalue weighted by atomic mass is 9.82. The third-order valence-corrected chi connectivity index (χ3v) is 9.68. The van der Waals surface area contributed by atoms with Crippen LogP contribution in [0.5, 0.6) is 11.5 Å².